The third-order valence-corrected chi connectivity index (χ3v) is 6.33. The van der Waals surface area contributed by atoms with E-state index in [2.05, 4.69) is 27.3 Å². The zero-order valence-electron chi connectivity index (χ0n) is 18.0. The van der Waals surface area contributed by atoms with Crippen molar-refractivity contribution in [1.82, 2.24) is 15.2 Å². The summed E-state index contributed by atoms with van der Waals surface area (Å²) >= 11 is 1.39. The van der Waals surface area contributed by atoms with Crippen molar-refractivity contribution in [3.05, 3.63) is 65.7 Å². The first-order chi connectivity index (χ1) is 15.7. The van der Waals surface area contributed by atoms with E-state index in [1.807, 2.05) is 47.4 Å². The predicted octanol–water partition coefficient (Wildman–Crippen LogP) is 3.29. The molecule has 2 amide bonds. The summed E-state index contributed by atoms with van der Waals surface area (Å²) in [6.45, 7) is 3.30. The van der Waals surface area contributed by atoms with Crippen molar-refractivity contribution < 1.29 is 14.3 Å². The van der Waals surface area contributed by atoms with Gasteiger partial charge in [0.25, 0.3) is 5.91 Å². The van der Waals surface area contributed by atoms with Crippen LogP contribution in [-0.2, 0) is 4.79 Å². The van der Waals surface area contributed by atoms with Gasteiger partial charge in [-0.05, 0) is 24.3 Å². The molecule has 0 atom stereocenters. The number of carbonyl (C=O) groups is 2. The highest BCUT2D eigenvalue weighted by Gasteiger charge is 2.21. The number of anilines is 1. The number of piperazine rings is 1. The molecule has 3 aromatic rings. The van der Waals surface area contributed by atoms with Crippen molar-refractivity contribution in [2.75, 3.05) is 44.7 Å². The van der Waals surface area contributed by atoms with E-state index < -0.39 is 0 Å². The average Bonchev–Trinajstić information content (AvgIpc) is 3.35. The number of ether oxygens (including phenoxy) is 1. The van der Waals surface area contributed by atoms with Gasteiger partial charge in [0.1, 0.15) is 16.5 Å². The third kappa shape index (κ3) is 5.08. The van der Waals surface area contributed by atoms with Crippen molar-refractivity contribution in [1.29, 1.82) is 0 Å². The molecule has 0 radical (unpaired) electrons. The molecule has 1 fully saturated rings. The summed E-state index contributed by atoms with van der Waals surface area (Å²) in [4.78, 5) is 33.6. The monoisotopic (exact) mass is 450 g/mol. The van der Waals surface area contributed by atoms with Crippen molar-refractivity contribution in [3.8, 4) is 16.3 Å². The van der Waals surface area contributed by atoms with Crippen LogP contribution in [0.25, 0.3) is 10.6 Å². The van der Waals surface area contributed by atoms with Crippen molar-refractivity contribution >= 4 is 28.8 Å². The number of benzene rings is 2. The SMILES string of the molecule is COc1ccccc1-c1nc(C(=O)NCCC(=O)N2CCN(c3ccccc3)CC2)cs1. The Morgan fingerprint density at radius 3 is 2.50 bits per heavy atom. The highest BCUT2D eigenvalue weighted by Crippen LogP contribution is 2.31. The van der Waals surface area contributed by atoms with E-state index >= 15 is 0 Å². The third-order valence-electron chi connectivity index (χ3n) is 5.45. The number of carbonyl (C=O) groups excluding carboxylic acids is 2. The van der Waals surface area contributed by atoms with E-state index in [-0.39, 0.29) is 24.8 Å². The second-order valence-corrected chi connectivity index (χ2v) is 8.31. The van der Waals surface area contributed by atoms with Crippen LogP contribution < -0.4 is 15.0 Å². The van der Waals surface area contributed by atoms with Gasteiger partial charge in [-0.3, -0.25) is 9.59 Å². The molecule has 2 aromatic carbocycles. The Morgan fingerprint density at radius 2 is 1.75 bits per heavy atom. The van der Waals surface area contributed by atoms with Crippen LogP contribution in [0.2, 0.25) is 0 Å². The molecule has 166 valence electrons. The minimum Gasteiger partial charge on any atom is -0.496 e. The van der Waals surface area contributed by atoms with Gasteiger partial charge in [0, 0.05) is 50.2 Å². The summed E-state index contributed by atoms with van der Waals surface area (Å²) in [5.74, 6) is 0.502. The fourth-order valence-electron chi connectivity index (χ4n) is 3.71. The molecular weight excluding hydrogens is 424 g/mol. The maximum absolute atomic E-state index is 12.5. The van der Waals surface area contributed by atoms with Gasteiger partial charge in [-0.1, -0.05) is 30.3 Å². The van der Waals surface area contributed by atoms with Crippen molar-refractivity contribution in [3.63, 3.8) is 0 Å². The zero-order chi connectivity index (χ0) is 22.3. The Bertz CT molecular complexity index is 1060. The lowest BCUT2D eigenvalue weighted by molar-refractivity contribution is -0.131. The number of thiazole rings is 1. The van der Waals surface area contributed by atoms with Crippen molar-refractivity contribution in [2.24, 2.45) is 0 Å². The topological polar surface area (TPSA) is 74.8 Å². The molecule has 32 heavy (non-hydrogen) atoms. The molecule has 4 rings (SSSR count). The maximum Gasteiger partial charge on any atom is 0.270 e. The molecule has 0 aliphatic carbocycles. The fraction of sp³-hybridized carbons (Fsp3) is 0.292. The van der Waals surface area contributed by atoms with Gasteiger partial charge in [0.15, 0.2) is 0 Å². The summed E-state index contributed by atoms with van der Waals surface area (Å²) in [6, 6.07) is 17.8. The molecular formula is C24H26N4O3S. The van der Waals surface area contributed by atoms with Gasteiger partial charge in [-0.2, -0.15) is 0 Å². The van der Waals surface area contributed by atoms with Gasteiger partial charge >= 0.3 is 0 Å². The van der Waals surface area contributed by atoms with Crippen LogP contribution in [0.4, 0.5) is 5.69 Å². The van der Waals surface area contributed by atoms with Crippen molar-refractivity contribution in [2.45, 2.75) is 6.42 Å². The van der Waals surface area contributed by atoms with Crippen LogP contribution >= 0.6 is 11.3 Å². The lowest BCUT2D eigenvalue weighted by atomic mass is 10.2. The minimum atomic E-state index is -0.274. The van der Waals surface area contributed by atoms with Crippen LogP contribution in [0.15, 0.2) is 60.0 Å². The first-order valence-electron chi connectivity index (χ1n) is 10.6. The minimum absolute atomic E-state index is 0.0611. The number of aromatic nitrogens is 1. The summed E-state index contributed by atoms with van der Waals surface area (Å²) in [7, 11) is 1.61. The van der Waals surface area contributed by atoms with E-state index in [1.165, 1.54) is 17.0 Å². The van der Waals surface area contributed by atoms with Gasteiger partial charge in [-0.15, -0.1) is 11.3 Å². The lowest BCUT2D eigenvalue weighted by Gasteiger charge is -2.36. The summed E-state index contributed by atoms with van der Waals surface area (Å²) < 4.78 is 5.37. The molecule has 7 nitrogen and oxygen atoms in total. The Morgan fingerprint density at radius 1 is 1.03 bits per heavy atom. The molecule has 2 heterocycles. The predicted molar refractivity (Wildman–Crippen MR) is 126 cm³/mol. The normalized spacial score (nSPS) is 13.7. The van der Waals surface area contributed by atoms with Gasteiger partial charge in [-0.25, -0.2) is 4.98 Å². The van der Waals surface area contributed by atoms with E-state index in [1.54, 1.807) is 12.5 Å². The van der Waals surface area contributed by atoms with Gasteiger partial charge < -0.3 is 19.9 Å². The molecule has 1 aliphatic rings. The van der Waals surface area contributed by atoms with Gasteiger partial charge in [0.2, 0.25) is 5.91 Å². The average molecular weight is 451 g/mol. The number of nitrogens with one attached hydrogen (secondary N) is 1. The molecule has 0 bridgehead atoms. The Labute approximate surface area is 191 Å². The quantitative estimate of drug-likeness (QED) is 0.598. The Hall–Kier alpha value is -3.39. The molecule has 1 aliphatic heterocycles. The standard InChI is InChI=1S/C24H26N4O3S/c1-31-21-10-6-5-9-19(21)24-26-20(17-32-24)23(30)25-12-11-22(29)28-15-13-27(14-16-28)18-7-3-2-4-8-18/h2-10,17H,11-16H2,1H3,(H,25,30). The van der Waals surface area contributed by atoms with Crippen LogP contribution in [0, 0.1) is 0 Å². The highest BCUT2D eigenvalue weighted by molar-refractivity contribution is 7.13. The molecule has 8 heteroatoms. The zero-order valence-corrected chi connectivity index (χ0v) is 18.8. The van der Waals surface area contributed by atoms with E-state index in [4.69, 9.17) is 4.74 Å². The van der Waals surface area contributed by atoms with Crippen LogP contribution in [0.1, 0.15) is 16.9 Å². The van der Waals surface area contributed by atoms with Crippen LogP contribution in [0.3, 0.4) is 0 Å². The number of hydrogen-bond donors (Lipinski definition) is 1. The molecule has 1 aromatic heterocycles. The highest BCUT2D eigenvalue weighted by atomic mass is 32.1. The number of nitrogens with zero attached hydrogens (tertiary/aromatic N) is 3. The number of hydrogen-bond acceptors (Lipinski definition) is 6. The van der Waals surface area contributed by atoms with E-state index in [9.17, 15) is 9.59 Å². The molecule has 0 saturated carbocycles. The summed E-state index contributed by atoms with van der Waals surface area (Å²) in [5, 5.41) is 5.26. The molecule has 0 unspecified atom stereocenters. The fourth-order valence-corrected chi connectivity index (χ4v) is 4.54. The molecule has 1 N–H and O–H groups in total. The lowest BCUT2D eigenvalue weighted by Crippen LogP contribution is -2.49. The van der Waals surface area contributed by atoms with Gasteiger partial charge in [0.05, 0.1) is 12.7 Å². The molecule has 1 saturated heterocycles. The molecule has 0 spiro atoms. The second-order valence-electron chi connectivity index (χ2n) is 7.45. The summed E-state index contributed by atoms with van der Waals surface area (Å²) in [6.07, 6.45) is 0.278. The number of amides is 2. The Kier molecular flexibility index (Phi) is 7.01. The van der Waals surface area contributed by atoms with E-state index in [0.717, 1.165) is 23.7 Å². The summed E-state index contributed by atoms with van der Waals surface area (Å²) in [5.41, 5.74) is 2.38. The first kappa shape index (κ1) is 21.8. The smallest absolute Gasteiger partial charge is 0.270 e. The van der Waals surface area contributed by atoms with Crippen LogP contribution in [0.5, 0.6) is 5.75 Å². The number of para-hydroxylation sites is 2. The number of rotatable bonds is 7. The van der Waals surface area contributed by atoms with E-state index in [0.29, 0.717) is 24.5 Å². The number of methoxy groups -OCH3 is 1. The second kappa shape index (κ2) is 10.3. The largest absolute Gasteiger partial charge is 0.496 e. The Balaban J connectivity index is 1.24. The van der Waals surface area contributed by atoms with Crippen LogP contribution in [-0.4, -0.2) is 61.5 Å². The maximum atomic E-state index is 12.5. The first-order valence-corrected chi connectivity index (χ1v) is 11.5.